The smallest absolute Gasteiger partial charge is 0.377 e. The van der Waals surface area contributed by atoms with Crippen molar-refractivity contribution in [3.63, 3.8) is 0 Å². The van der Waals surface area contributed by atoms with Gasteiger partial charge in [-0.3, -0.25) is 14.2 Å². The molecule has 3 heterocycles. The number of benzene rings is 1. The molecule has 2 fully saturated rings. The Labute approximate surface area is 219 Å². The number of amides is 1. The van der Waals surface area contributed by atoms with Crippen LogP contribution in [-0.2, 0) is 18.0 Å². The summed E-state index contributed by atoms with van der Waals surface area (Å²) in [5, 5.41) is 4.21. The number of rotatable bonds is 5. The molecule has 1 atom stereocenters. The van der Waals surface area contributed by atoms with E-state index in [-0.39, 0.29) is 28.8 Å². The van der Waals surface area contributed by atoms with Gasteiger partial charge in [0.1, 0.15) is 5.82 Å². The Morgan fingerprint density at radius 2 is 1.74 bits per heavy atom. The van der Waals surface area contributed by atoms with Crippen LogP contribution >= 0.6 is 0 Å². The third-order valence-electron chi connectivity index (χ3n) is 7.49. The number of aryl methyl sites for hydroxylation is 2. The molecular weight excluding hydrogens is 495 g/mol. The van der Waals surface area contributed by atoms with Gasteiger partial charge in [0.2, 0.25) is 5.91 Å². The molecule has 1 aliphatic heterocycles. The SMILES string of the molecule is Cc1cc(C(C)Nc2ccc(C)nc2C(F)(F)F)c2cc(N3CCN(C(=O)C4CC4)CC3)n(C)c(=O)c2c1. The van der Waals surface area contributed by atoms with Gasteiger partial charge in [0.05, 0.1) is 5.69 Å². The third-order valence-corrected chi connectivity index (χ3v) is 7.49. The maximum atomic E-state index is 13.7. The van der Waals surface area contributed by atoms with E-state index in [1.165, 1.54) is 13.0 Å². The maximum absolute atomic E-state index is 13.7. The molecule has 1 amide bonds. The normalized spacial score (nSPS) is 17.1. The predicted molar refractivity (Wildman–Crippen MR) is 141 cm³/mol. The van der Waals surface area contributed by atoms with Crippen molar-refractivity contribution in [1.82, 2.24) is 14.5 Å². The lowest BCUT2D eigenvalue weighted by atomic mass is 9.97. The molecule has 0 bridgehead atoms. The summed E-state index contributed by atoms with van der Waals surface area (Å²) in [6.45, 7) is 7.59. The highest BCUT2D eigenvalue weighted by Crippen LogP contribution is 2.36. The molecule has 2 aromatic heterocycles. The van der Waals surface area contributed by atoms with Crippen molar-refractivity contribution in [1.29, 1.82) is 0 Å². The lowest BCUT2D eigenvalue weighted by molar-refractivity contribution is -0.140. The molecule has 10 heteroatoms. The minimum absolute atomic E-state index is 0.106. The Morgan fingerprint density at radius 1 is 1.05 bits per heavy atom. The molecule has 202 valence electrons. The number of nitrogens with zero attached hydrogens (tertiary/aromatic N) is 4. The molecule has 0 radical (unpaired) electrons. The van der Waals surface area contributed by atoms with Crippen molar-refractivity contribution in [2.24, 2.45) is 13.0 Å². The van der Waals surface area contributed by atoms with Gasteiger partial charge in [-0.25, -0.2) is 4.98 Å². The van der Waals surface area contributed by atoms with Gasteiger partial charge >= 0.3 is 6.18 Å². The van der Waals surface area contributed by atoms with Crippen molar-refractivity contribution in [3.05, 3.63) is 63.2 Å². The first-order chi connectivity index (χ1) is 17.9. The first-order valence-corrected chi connectivity index (χ1v) is 12.9. The van der Waals surface area contributed by atoms with E-state index in [1.807, 2.05) is 30.0 Å². The zero-order valence-corrected chi connectivity index (χ0v) is 22.0. The average Bonchev–Trinajstić information content (AvgIpc) is 3.72. The zero-order chi connectivity index (χ0) is 27.4. The van der Waals surface area contributed by atoms with Crippen LogP contribution in [0.3, 0.4) is 0 Å². The number of hydrogen-bond donors (Lipinski definition) is 1. The van der Waals surface area contributed by atoms with E-state index in [9.17, 15) is 22.8 Å². The number of pyridine rings is 2. The third kappa shape index (κ3) is 4.96. The van der Waals surface area contributed by atoms with E-state index in [0.717, 1.165) is 29.8 Å². The summed E-state index contributed by atoms with van der Waals surface area (Å²) in [6, 6.07) is 8.08. The average molecular weight is 528 g/mol. The van der Waals surface area contributed by atoms with E-state index < -0.39 is 17.9 Å². The molecule has 0 spiro atoms. The highest BCUT2D eigenvalue weighted by Gasteiger charge is 2.37. The fourth-order valence-electron chi connectivity index (χ4n) is 5.28. The second-order valence-electron chi connectivity index (χ2n) is 10.5. The molecule has 7 nitrogen and oxygen atoms in total. The van der Waals surface area contributed by atoms with Crippen LogP contribution in [0.4, 0.5) is 24.7 Å². The van der Waals surface area contributed by atoms with Crippen LogP contribution in [0.5, 0.6) is 0 Å². The molecule has 1 aliphatic carbocycles. The number of piperazine rings is 1. The number of anilines is 2. The van der Waals surface area contributed by atoms with Gasteiger partial charge < -0.3 is 15.1 Å². The van der Waals surface area contributed by atoms with Crippen molar-refractivity contribution in [2.75, 3.05) is 36.4 Å². The van der Waals surface area contributed by atoms with Crippen LogP contribution in [-0.4, -0.2) is 46.5 Å². The van der Waals surface area contributed by atoms with Crippen LogP contribution in [0.1, 0.15) is 48.3 Å². The molecule has 1 aromatic carbocycles. The number of alkyl halides is 3. The number of halogens is 3. The molecule has 2 aliphatic rings. The fourth-order valence-corrected chi connectivity index (χ4v) is 5.28. The monoisotopic (exact) mass is 527 g/mol. The second kappa shape index (κ2) is 9.63. The van der Waals surface area contributed by atoms with Gasteiger partial charge in [0.15, 0.2) is 5.69 Å². The molecule has 3 aromatic rings. The molecule has 1 saturated heterocycles. The van der Waals surface area contributed by atoms with Gasteiger partial charge in [-0.05, 0) is 74.4 Å². The van der Waals surface area contributed by atoms with E-state index in [2.05, 4.69) is 15.2 Å². The molecule has 1 saturated carbocycles. The number of carbonyl (C=O) groups excluding carboxylic acids is 1. The number of hydrogen-bond acceptors (Lipinski definition) is 5. The minimum Gasteiger partial charge on any atom is -0.377 e. The predicted octanol–water partition coefficient (Wildman–Crippen LogP) is 4.80. The maximum Gasteiger partial charge on any atom is 0.435 e. The van der Waals surface area contributed by atoms with E-state index in [1.54, 1.807) is 24.6 Å². The minimum atomic E-state index is -4.60. The van der Waals surface area contributed by atoms with Gasteiger partial charge in [0.25, 0.3) is 5.56 Å². The van der Waals surface area contributed by atoms with Crippen molar-refractivity contribution in [3.8, 4) is 0 Å². The molecular formula is C28H32F3N5O2. The highest BCUT2D eigenvalue weighted by molar-refractivity contribution is 5.89. The Morgan fingerprint density at radius 3 is 2.37 bits per heavy atom. The van der Waals surface area contributed by atoms with Crippen LogP contribution in [0, 0.1) is 19.8 Å². The van der Waals surface area contributed by atoms with Crippen LogP contribution in [0.2, 0.25) is 0 Å². The second-order valence-corrected chi connectivity index (χ2v) is 10.5. The van der Waals surface area contributed by atoms with Crippen molar-refractivity contribution >= 4 is 28.2 Å². The first kappa shape index (κ1) is 26.1. The van der Waals surface area contributed by atoms with E-state index >= 15 is 0 Å². The summed E-state index contributed by atoms with van der Waals surface area (Å²) in [5.41, 5.74) is 0.622. The van der Waals surface area contributed by atoms with Crippen molar-refractivity contribution in [2.45, 2.75) is 45.8 Å². The Balaban J connectivity index is 1.50. The van der Waals surface area contributed by atoms with Crippen LogP contribution in [0.25, 0.3) is 10.8 Å². The fraction of sp³-hybridized carbons (Fsp3) is 0.464. The standard InChI is InChI=1S/C28H32F3N5O2/c1-16-13-20(18(3)33-23-8-5-17(2)32-25(23)28(29,30)31)21-15-24(34(4)27(38)22(21)14-16)35-9-11-36(12-10-35)26(37)19-6-7-19/h5,8,13-15,18-19,33H,6-7,9-12H2,1-4H3. The van der Waals surface area contributed by atoms with Crippen LogP contribution < -0.4 is 15.8 Å². The summed E-state index contributed by atoms with van der Waals surface area (Å²) in [5.74, 6) is 1.12. The van der Waals surface area contributed by atoms with Gasteiger partial charge in [-0.15, -0.1) is 0 Å². The largest absolute Gasteiger partial charge is 0.435 e. The zero-order valence-electron chi connectivity index (χ0n) is 22.0. The quantitative estimate of drug-likeness (QED) is 0.516. The molecule has 38 heavy (non-hydrogen) atoms. The topological polar surface area (TPSA) is 70.5 Å². The Kier molecular flexibility index (Phi) is 6.61. The highest BCUT2D eigenvalue weighted by atomic mass is 19.4. The Hall–Kier alpha value is -3.56. The number of aromatic nitrogens is 2. The number of fused-ring (bicyclic) bond motifs is 1. The summed E-state index contributed by atoms with van der Waals surface area (Å²) < 4.78 is 42.7. The Bertz CT molecular complexity index is 1450. The first-order valence-electron chi connectivity index (χ1n) is 12.9. The molecule has 1 unspecified atom stereocenters. The van der Waals surface area contributed by atoms with Crippen LogP contribution in [0.15, 0.2) is 35.1 Å². The summed E-state index contributed by atoms with van der Waals surface area (Å²) in [7, 11) is 1.73. The van der Waals surface area contributed by atoms with Crippen molar-refractivity contribution < 1.29 is 18.0 Å². The van der Waals surface area contributed by atoms with Gasteiger partial charge in [-0.2, -0.15) is 13.2 Å². The molecule has 5 rings (SSSR count). The molecule has 1 N–H and O–H groups in total. The van der Waals surface area contributed by atoms with Gasteiger partial charge in [0, 0.05) is 56.3 Å². The summed E-state index contributed by atoms with van der Waals surface area (Å²) in [6.07, 6.45) is -2.67. The lowest BCUT2D eigenvalue weighted by Gasteiger charge is -2.37. The van der Waals surface area contributed by atoms with E-state index in [4.69, 9.17) is 0 Å². The lowest BCUT2D eigenvalue weighted by Crippen LogP contribution is -2.50. The summed E-state index contributed by atoms with van der Waals surface area (Å²) in [4.78, 5) is 33.7. The summed E-state index contributed by atoms with van der Waals surface area (Å²) >= 11 is 0. The number of nitrogens with one attached hydrogen (secondary N) is 1. The van der Waals surface area contributed by atoms with E-state index in [0.29, 0.717) is 37.0 Å². The number of carbonyl (C=O) groups is 1. The van der Waals surface area contributed by atoms with Gasteiger partial charge in [-0.1, -0.05) is 6.07 Å².